The van der Waals surface area contributed by atoms with Gasteiger partial charge in [-0.2, -0.15) is 0 Å². The third-order valence-electron chi connectivity index (χ3n) is 1.77. The minimum Gasteiger partial charge on any atom is -0.438 e. The molecule has 0 unspecified atom stereocenters. The number of aromatic nitrogens is 1. The summed E-state index contributed by atoms with van der Waals surface area (Å²) >= 11 is 16.4. The number of carbonyl (C=O) groups is 1. The van der Waals surface area contributed by atoms with Gasteiger partial charge in [0.25, 0.3) is 0 Å². The van der Waals surface area contributed by atoms with Gasteiger partial charge in [-0.1, -0.05) is 46.2 Å². The Balaban J connectivity index is 0.00000169. The average molecular weight is 328 g/mol. The van der Waals surface area contributed by atoms with Crippen molar-refractivity contribution in [1.82, 2.24) is 4.57 Å². The first-order valence-corrected chi connectivity index (χ1v) is 4.63. The maximum absolute atomic E-state index is 11.5. The van der Waals surface area contributed by atoms with Crippen molar-refractivity contribution < 1.29 is 37.5 Å². The van der Waals surface area contributed by atoms with Crippen LogP contribution in [-0.2, 0) is 39.8 Å². The third kappa shape index (κ3) is 3.21. The number of Topliss-reactive ketones (excluding diaryl/α,β-unsaturated/α-hetero) is 1. The van der Waals surface area contributed by atoms with E-state index < -0.39 is 9.58 Å². The van der Waals surface area contributed by atoms with E-state index >= 15 is 0 Å². The summed E-state index contributed by atoms with van der Waals surface area (Å²) < 4.78 is -0.267. The maximum atomic E-state index is 11.5. The number of alkyl halides is 3. The second kappa shape index (κ2) is 5.31. The fourth-order valence-corrected chi connectivity index (χ4v) is 1.20. The molecule has 0 atom stereocenters. The Kier molecular flexibility index (Phi) is 5.66. The molecule has 2 nitrogen and oxygen atoms in total. The predicted molar refractivity (Wildman–Crippen MR) is 53.6 cm³/mol. The molecule has 6 heteroatoms. The number of aryl methyl sites for hydroxylation is 1. The largest absolute Gasteiger partial charge is 0.438 e. The molecule has 0 saturated heterocycles. The molecular weight excluding hydrogens is 321 g/mol. The Morgan fingerprint density at radius 1 is 1.50 bits per heavy atom. The maximum Gasteiger partial charge on any atom is 0.237 e. The molecule has 0 bridgehead atoms. The van der Waals surface area contributed by atoms with E-state index in [0.717, 1.165) is 5.69 Å². The number of hydrogen-bond acceptors (Lipinski definition) is 1. The molecule has 0 amide bonds. The van der Waals surface area contributed by atoms with Crippen molar-refractivity contribution in [2.45, 2.75) is 10.7 Å². The second-order valence-electron chi connectivity index (χ2n) is 2.65. The van der Waals surface area contributed by atoms with Crippen LogP contribution in [0.1, 0.15) is 16.2 Å². The number of ketones is 1. The van der Waals surface area contributed by atoms with Crippen molar-refractivity contribution in [3.63, 3.8) is 0 Å². The summed E-state index contributed by atoms with van der Waals surface area (Å²) in [5, 5.41) is 0. The first kappa shape index (κ1) is 14.9. The molecule has 75 valence electrons. The van der Waals surface area contributed by atoms with Crippen LogP contribution in [0.5, 0.6) is 0 Å². The average Bonchev–Trinajstić information content (AvgIpc) is 2.30. The summed E-state index contributed by atoms with van der Waals surface area (Å²) in [6.07, 6.45) is 0. The predicted octanol–water partition coefficient (Wildman–Crippen LogP) is 2.68. The van der Waals surface area contributed by atoms with Gasteiger partial charge in [-0.05, 0) is 14.0 Å². The molecule has 0 aliphatic heterocycles. The Hall–Kier alpha value is 0.924. The molecule has 14 heavy (non-hydrogen) atoms. The van der Waals surface area contributed by atoms with Crippen LogP contribution in [0.3, 0.4) is 0 Å². The second-order valence-corrected chi connectivity index (χ2v) is 4.93. The van der Waals surface area contributed by atoms with Crippen molar-refractivity contribution in [2.75, 3.05) is 0 Å². The Morgan fingerprint density at radius 2 is 2.00 bits per heavy atom. The van der Waals surface area contributed by atoms with Crippen LogP contribution in [0.2, 0.25) is 0 Å². The zero-order valence-corrected chi connectivity index (χ0v) is 12.8. The Bertz CT molecular complexity index is 343. The van der Waals surface area contributed by atoms with Crippen molar-refractivity contribution >= 4 is 40.6 Å². The van der Waals surface area contributed by atoms with E-state index in [4.69, 9.17) is 34.8 Å². The van der Waals surface area contributed by atoms with Crippen LogP contribution in [0, 0.1) is 13.0 Å². The van der Waals surface area contributed by atoms with E-state index in [-0.39, 0.29) is 32.7 Å². The molecule has 1 rings (SSSR count). The fourth-order valence-electron chi connectivity index (χ4n) is 0.910. The number of halogens is 3. The summed E-state index contributed by atoms with van der Waals surface area (Å²) in [4.78, 5) is 11.5. The van der Waals surface area contributed by atoms with Gasteiger partial charge in [0.05, 0.1) is 0 Å². The van der Waals surface area contributed by atoms with Crippen LogP contribution in [0.4, 0.5) is 0 Å². The monoisotopic (exact) mass is 327 g/mol. The van der Waals surface area contributed by atoms with E-state index in [0.29, 0.717) is 5.69 Å². The van der Waals surface area contributed by atoms with Gasteiger partial charge < -0.3 is 9.36 Å². The molecule has 1 radical (unpaired) electrons. The molecule has 1 heterocycles. The molecule has 0 aliphatic carbocycles. The van der Waals surface area contributed by atoms with Crippen LogP contribution >= 0.6 is 34.8 Å². The Morgan fingerprint density at radius 3 is 2.29 bits per heavy atom. The minimum atomic E-state index is -1.90. The molecule has 1 aromatic heterocycles. The molecule has 1 aromatic rings. The minimum absolute atomic E-state index is 0. The van der Waals surface area contributed by atoms with Crippen molar-refractivity contribution in [1.29, 1.82) is 0 Å². The quantitative estimate of drug-likeness (QED) is 0.441. The van der Waals surface area contributed by atoms with Gasteiger partial charge >= 0.3 is 0 Å². The van der Waals surface area contributed by atoms with E-state index in [2.05, 4.69) is 6.07 Å². The summed E-state index contributed by atoms with van der Waals surface area (Å²) in [5.74, 6) is -0.538. The number of hydrogen-bond donors (Lipinski definition) is 0. The molecule has 0 aromatic carbocycles. The summed E-state index contributed by atoms with van der Waals surface area (Å²) in [6, 6.07) is 4.37. The zero-order valence-electron chi connectivity index (χ0n) is 7.64. The van der Waals surface area contributed by atoms with Gasteiger partial charge in [0, 0.05) is 32.7 Å². The van der Waals surface area contributed by atoms with E-state index in [9.17, 15) is 4.79 Å². The number of nitrogens with zero attached hydrogens (tertiary/aromatic N) is 1. The number of rotatable bonds is 1. The topological polar surface area (TPSA) is 22.0 Å². The van der Waals surface area contributed by atoms with Gasteiger partial charge in [0.15, 0.2) is 0 Å². The summed E-state index contributed by atoms with van der Waals surface area (Å²) in [5.41, 5.74) is 1.16. The van der Waals surface area contributed by atoms with E-state index in [1.54, 1.807) is 11.6 Å². The van der Waals surface area contributed by atoms with Gasteiger partial charge in [-0.3, -0.25) is 0 Å². The molecule has 0 aliphatic rings. The van der Waals surface area contributed by atoms with Crippen molar-refractivity contribution in [3.8, 4) is 0 Å². The van der Waals surface area contributed by atoms with Crippen LogP contribution in [0.25, 0.3) is 0 Å². The molecule has 0 saturated carbocycles. The normalized spacial score (nSPS) is 10.9. The van der Waals surface area contributed by atoms with Crippen molar-refractivity contribution in [2.24, 2.45) is 7.05 Å². The summed E-state index contributed by atoms with van der Waals surface area (Å²) in [6.45, 7) is 1.81. The third-order valence-corrected chi connectivity index (χ3v) is 2.29. The van der Waals surface area contributed by atoms with Crippen LogP contribution in [-0.4, -0.2) is 14.1 Å². The zero-order chi connectivity index (χ0) is 10.2. The molecule has 0 fully saturated rings. The Labute approximate surface area is 123 Å². The SMILES string of the molecule is Cc1[c-]cc(C(=O)C(Cl)(Cl)Cl)n1C.[Y]. The van der Waals surface area contributed by atoms with E-state index in [1.165, 1.54) is 6.07 Å². The van der Waals surface area contributed by atoms with Gasteiger partial charge in [0.2, 0.25) is 3.79 Å². The van der Waals surface area contributed by atoms with Crippen LogP contribution < -0.4 is 0 Å². The molecule has 0 spiro atoms. The smallest absolute Gasteiger partial charge is 0.237 e. The first-order chi connectivity index (χ1) is 5.84. The molecular formula is C8H7Cl3NOY-. The van der Waals surface area contributed by atoms with Crippen molar-refractivity contribution in [3.05, 3.63) is 23.5 Å². The van der Waals surface area contributed by atoms with Gasteiger partial charge in [-0.25, -0.2) is 12.1 Å². The number of carbonyl (C=O) groups excluding carboxylic acids is 1. The first-order valence-electron chi connectivity index (χ1n) is 3.49. The summed E-state index contributed by atoms with van der Waals surface area (Å²) in [7, 11) is 1.72. The van der Waals surface area contributed by atoms with Gasteiger partial charge in [-0.15, -0.1) is 0 Å². The fraction of sp³-hybridized carbons (Fsp3) is 0.375. The van der Waals surface area contributed by atoms with Gasteiger partial charge in [0.1, 0.15) is 5.78 Å². The van der Waals surface area contributed by atoms with E-state index in [1.807, 2.05) is 6.92 Å². The molecule has 0 N–H and O–H groups in total. The van der Waals surface area contributed by atoms with Crippen LogP contribution in [0.15, 0.2) is 6.07 Å². The standard InChI is InChI=1S/C8H7Cl3NO.Y/c1-5-3-4-6(12(5)2)7(13)8(9,10)11;/h4H,1-2H3;/q-1;.